The Morgan fingerprint density at radius 1 is 0.677 bits per heavy atom. The van der Waals surface area contributed by atoms with Gasteiger partial charge in [0.05, 0.1) is 25.4 Å². The highest BCUT2D eigenvalue weighted by atomic mass is 16.7. The van der Waals surface area contributed by atoms with Crippen molar-refractivity contribution >= 4 is 0 Å². The van der Waals surface area contributed by atoms with E-state index in [0.717, 1.165) is 12.8 Å². The number of hydrogen-bond acceptors (Lipinski definition) is 7. The SMILES string of the molecule is CCCCCCCCCCCCCCCC(O)CCOC(OC(CO)C(C)O)C(O)O. The van der Waals surface area contributed by atoms with Crippen LogP contribution in [-0.4, -0.2) is 69.6 Å². The summed E-state index contributed by atoms with van der Waals surface area (Å²) in [5.74, 6) is 0. The summed E-state index contributed by atoms with van der Waals surface area (Å²) in [6.07, 6.45) is 12.1. The minimum Gasteiger partial charge on any atom is -0.394 e. The van der Waals surface area contributed by atoms with Crippen molar-refractivity contribution in [1.29, 1.82) is 0 Å². The van der Waals surface area contributed by atoms with Crippen LogP contribution in [0.25, 0.3) is 0 Å². The van der Waals surface area contributed by atoms with E-state index in [0.29, 0.717) is 12.8 Å². The second-order valence-electron chi connectivity index (χ2n) is 8.72. The van der Waals surface area contributed by atoms with Gasteiger partial charge in [-0.1, -0.05) is 90.4 Å². The zero-order valence-corrected chi connectivity index (χ0v) is 20.0. The van der Waals surface area contributed by atoms with Gasteiger partial charge in [0.25, 0.3) is 0 Å². The van der Waals surface area contributed by atoms with Crippen molar-refractivity contribution in [3.63, 3.8) is 0 Å². The van der Waals surface area contributed by atoms with Gasteiger partial charge in [-0.25, -0.2) is 0 Å². The molecule has 0 bridgehead atoms. The van der Waals surface area contributed by atoms with Crippen LogP contribution < -0.4 is 0 Å². The Hall–Kier alpha value is -0.280. The van der Waals surface area contributed by atoms with Gasteiger partial charge in [-0.05, 0) is 19.8 Å². The fraction of sp³-hybridized carbons (Fsp3) is 1.00. The smallest absolute Gasteiger partial charge is 0.209 e. The van der Waals surface area contributed by atoms with E-state index in [1.165, 1.54) is 77.6 Å². The summed E-state index contributed by atoms with van der Waals surface area (Å²) in [6, 6.07) is 0. The third-order valence-electron chi connectivity index (χ3n) is 5.64. The van der Waals surface area contributed by atoms with Crippen molar-refractivity contribution < 1.29 is 35.0 Å². The summed E-state index contributed by atoms with van der Waals surface area (Å²) in [5, 5.41) is 47.3. The van der Waals surface area contributed by atoms with Crippen molar-refractivity contribution in [1.82, 2.24) is 0 Å². The van der Waals surface area contributed by atoms with Crippen LogP contribution in [0.1, 0.15) is 110 Å². The monoisotopic (exact) mass is 450 g/mol. The Balaban J connectivity index is 3.61. The fourth-order valence-electron chi connectivity index (χ4n) is 3.54. The summed E-state index contributed by atoms with van der Waals surface area (Å²) in [5.41, 5.74) is 0. The van der Waals surface area contributed by atoms with Gasteiger partial charge < -0.3 is 35.0 Å². The Kier molecular flexibility index (Phi) is 21.4. The van der Waals surface area contributed by atoms with Gasteiger partial charge in [-0.3, -0.25) is 0 Å². The maximum atomic E-state index is 10.1. The molecule has 7 heteroatoms. The molecule has 0 aliphatic heterocycles. The Labute approximate surface area is 189 Å². The molecule has 0 aromatic carbocycles. The summed E-state index contributed by atoms with van der Waals surface area (Å²) >= 11 is 0. The molecule has 0 aliphatic rings. The summed E-state index contributed by atoms with van der Waals surface area (Å²) < 4.78 is 10.5. The number of hydrogen-bond donors (Lipinski definition) is 5. The van der Waals surface area contributed by atoms with Crippen LogP contribution >= 0.6 is 0 Å². The average Bonchev–Trinajstić information content (AvgIpc) is 2.73. The minimum absolute atomic E-state index is 0.0971. The van der Waals surface area contributed by atoms with Gasteiger partial charge in [0.15, 0.2) is 0 Å². The second kappa shape index (κ2) is 21.6. The number of aliphatic hydroxyl groups is 5. The van der Waals surface area contributed by atoms with Crippen LogP contribution in [0.2, 0.25) is 0 Å². The zero-order chi connectivity index (χ0) is 23.3. The van der Waals surface area contributed by atoms with E-state index in [1.54, 1.807) is 0 Å². The van der Waals surface area contributed by atoms with Crippen LogP contribution in [-0.2, 0) is 9.47 Å². The molecular weight excluding hydrogens is 400 g/mol. The van der Waals surface area contributed by atoms with E-state index >= 15 is 0 Å². The van der Waals surface area contributed by atoms with Gasteiger partial charge in [0.2, 0.25) is 12.6 Å². The largest absolute Gasteiger partial charge is 0.394 e. The van der Waals surface area contributed by atoms with E-state index in [2.05, 4.69) is 6.92 Å². The van der Waals surface area contributed by atoms with Gasteiger partial charge >= 0.3 is 0 Å². The minimum atomic E-state index is -1.90. The van der Waals surface area contributed by atoms with Crippen molar-refractivity contribution in [3.8, 4) is 0 Å². The molecule has 0 spiro atoms. The molecule has 0 heterocycles. The fourth-order valence-corrected chi connectivity index (χ4v) is 3.54. The van der Waals surface area contributed by atoms with Crippen LogP contribution in [0.3, 0.4) is 0 Å². The summed E-state index contributed by atoms with van der Waals surface area (Å²) in [7, 11) is 0. The molecule has 0 aliphatic carbocycles. The van der Waals surface area contributed by atoms with Crippen LogP contribution in [0, 0.1) is 0 Å². The van der Waals surface area contributed by atoms with E-state index in [9.17, 15) is 20.4 Å². The van der Waals surface area contributed by atoms with Crippen LogP contribution in [0.15, 0.2) is 0 Å². The van der Waals surface area contributed by atoms with E-state index in [-0.39, 0.29) is 6.61 Å². The predicted molar refractivity (Wildman–Crippen MR) is 123 cm³/mol. The van der Waals surface area contributed by atoms with E-state index in [4.69, 9.17) is 14.6 Å². The highest BCUT2D eigenvalue weighted by Crippen LogP contribution is 2.14. The normalized spacial score (nSPS) is 15.9. The van der Waals surface area contributed by atoms with E-state index < -0.39 is 37.5 Å². The average molecular weight is 451 g/mol. The molecule has 0 aromatic rings. The van der Waals surface area contributed by atoms with Gasteiger partial charge in [-0.2, -0.15) is 0 Å². The lowest BCUT2D eigenvalue weighted by atomic mass is 10.0. The van der Waals surface area contributed by atoms with Crippen LogP contribution in [0.4, 0.5) is 0 Å². The highest BCUT2D eigenvalue weighted by molar-refractivity contribution is 4.65. The first-order chi connectivity index (χ1) is 14.9. The maximum absolute atomic E-state index is 10.1. The Bertz CT molecular complexity index is 366. The van der Waals surface area contributed by atoms with Crippen molar-refractivity contribution in [2.75, 3.05) is 13.2 Å². The first kappa shape index (κ1) is 30.7. The van der Waals surface area contributed by atoms with Crippen molar-refractivity contribution in [3.05, 3.63) is 0 Å². The molecule has 188 valence electrons. The third-order valence-corrected chi connectivity index (χ3v) is 5.64. The second-order valence-corrected chi connectivity index (χ2v) is 8.72. The molecule has 0 saturated carbocycles. The number of rotatable bonds is 23. The Morgan fingerprint density at radius 3 is 1.58 bits per heavy atom. The molecular formula is C24H50O7. The first-order valence-corrected chi connectivity index (χ1v) is 12.5. The molecule has 0 aromatic heterocycles. The molecule has 0 rings (SSSR count). The predicted octanol–water partition coefficient (Wildman–Crippen LogP) is 3.63. The van der Waals surface area contributed by atoms with Gasteiger partial charge in [0.1, 0.15) is 6.10 Å². The molecule has 4 unspecified atom stereocenters. The third kappa shape index (κ3) is 18.9. The topological polar surface area (TPSA) is 120 Å². The molecule has 0 amide bonds. The van der Waals surface area contributed by atoms with Gasteiger partial charge in [-0.15, -0.1) is 0 Å². The number of aliphatic hydroxyl groups excluding tert-OH is 4. The summed E-state index contributed by atoms with van der Waals surface area (Å²) in [6.45, 7) is 3.31. The van der Waals surface area contributed by atoms with E-state index in [1.807, 2.05) is 0 Å². The Morgan fingerprint density at radius 2 is 1.16 bits per heavy atom. The first-order valence-electron chi connectivity index (χ1n) is 12.5. The lowest BCUT2D eigenvalue weighted by Gasteiger charge is -2.26. The maximum Gasteiger partial charge on any atom is 0.209 e. The van der Waals surface area contributed by atoms with Crippen molar-refractivity contribution in [2.45, 2.75) is 141 Å². The molecule has 31 heavy (non-hydrogen) atoms. The standard InChI is InChI=1S/C24H50O7/c1-3-4-5-6-7-8-9-10-11-12-13-14-15-16-21(27)17-18-30-24(23(28)29)31-22(19-25)20(2)26/h20-29H,3-19H2,1-2H3. The molecule has 0 saturated heterocycles. The highest BCUT2D eigenvalue weighted by Gasteiger charge is 2.25. The molecule has 0 fully saturated rings. The lowest BCUT2D eigenvalue weighted by molar-refractivity contribution is -0.281. The van der Waals surface area contributed by atoms with Crippen LogP contribution in [0.5, 0.6) is 0 Å². The molecule has 5 N–H and O–H groups in total. The van der Waals surface area contributed by atoms with Gasteiger partial charge in [0, 0.05) is 0 Å². The number of ether oxygens (including phenoxy) is 2. The molecule has 0 radical (unpaired) electrons. The summed E-state index contributed by atoms with van der Waals surface area (Å²) in [4.78, 5) is 0. The lowest BCUT2D eigenvalue weighted by Crippen LogP contribution is -2.41. The number of unbranched alkanes of at least 4 members (excludes halogenated alkanes) is 12. The zero-order valence-electron chi connectivity index (χ0n) is 20.0. The molecule has 4 atom stereocenters. The quantitative estimate of drug-likeness (QED) is 0.119. The molecule has 7 nitrogen and oxygen atoms in total. The van der Waals surface area contributed by atoms with Crippen molar-refractivity contribution in [2.24, 2.45) is 0 Å².